The van der Waals surface area contributed by atoms with Crippen LogP contribution in [0.2, 0.25) is 0 Å². The Morgan fingerprint density at radius 1 is 1.11 bits per heavy atom. The number of benzene rings is 2. The van der Waals surface area contributed by atoms with Gasteiger partial charge in [0.25, 0.3) is 5.69 Å². The molecule has 2 aromatic carbocycles. The number of carbonyl (C=O) groups is 1. The van der Waals surface area contributed by atoms with Crippen LogP contribution in [0, 0.1) is 10.1 Å². The van der Waals surface area contributed by atoms with E-state index in [-0.39, 0.29) is 17.3 Å². The number of alkyl halides is 3. The number of nitrogens with zero attached hydrogens (tertiary/aromatic N) is 1. The minimum Gasteiger partial charge on any atom is -0.406 e. The second-order valence-electron chi connectivity index (χ2n) is 5.41. The molecule has 6 nitrogen and oxygen atoms in total. The third kappa shape index (κ3) is 7.18. The van der Waals surface area contributed by atoms with E-state index in [2.05, 4.69) is 10.1 Å². The number of carbonyl (C=O) groups excluding carboxylic acids is 1. The predicted octanol–water partition coefficient (Wildman–Crippen LogP) is 3.87. The molecule has 0 radical (unpaired) electrons. The van der Waals surface area contributed by atoms with Crippen molar-refractivity contribution in [3.8, 4) is 5.75 Å². The molecule has 0 unspecified atom stereocenters. The fourth-order valence-electron chi connectivity index (χ4n) is 2.13. The summed E-state index contributed by atoms with van der Waals surface area (Å²) in [6, 6.07) is 11.1. The molecule has 9 heteroatoms. The van der Waals surface area contributed by atoms with Gasteiger partial charge in [-0.1, -0.05) is 12.1 Å². The van der Waals surface area contributed by atoms with E-state index in [0.29, 0.717) is 18.5 Å². The summed E-state index contributed by atoms with van der Waals surface area (Å²) >= 11 is 0. The maximum absolute atomic E-state index is 12.1. The Kier molecular flexibility index (Phi) is 6.53. The van der Waals surface area contributed by atoms with E-state index in [1.165, 1.54) is 60.7 Å². The summed E-state index contributed by atoms with van der Waals surface area (Å²) in [5, 5.41) is 13.2. The molecule has 0 saturated carbocycles. The normalized spacial score (nSPS) is 11.4. The summed E-state index contributed by atoms with van der Waals surface area (Å²) in [7, 11) is 0. The van der Waals surface area contributed by atoms with Crippen molar-refractivity contribution in [3.63, 3.8) is 0 Å². The fourth-order valence-corrected chi connectivity index (χ4v) is 2.13. The maximum atomic E-state index is 12.1. The monoisotopic (exact) mass is 380 g/mol. The number of non-ortho nitro benzene ring substituents is 1. The number of hydrogen-bond donors (Lipinski definition) is 1. The number of hydrogen-bond acceptors (Lipinski definition) is 4. The first-order valence-corrected chi connectivity index (χ1v) is 7.78. The molecule has 1 amide bonds. The first kappa shape index (κ1) is 20.0. The van der Waals surface area contributed by atoms with E-state index in [0.717, 1.165) is 5.56 Å². The van der Waals surface area contributed by atoms with Crippen molar-refractivity contribution in [2.24, 2.45) is 0 Å². The second kappa shape index (κ2) is 8.84. The zero-order chi connectivity index (χ0) is 19.9. The third-order valence-corrected chi connectivity index (χ3v) is 3.40. The highest BCUT2D eigenvalue weighted by molar-refractivity contribution is 5.91. The van der Waals surface area contributed by atoms with Crippen molar-refractivity contribution in [2.45, 2.75) is 12.8 Å². The van der Waals surface area contributed by atoms with Gasteiger partial charge in [0.1, 0.15) is 5.75 Å². The summed E-state index contributed by atoms with van der Waals surface area (Å²) in [6.45, 7) is 0.295. The van der Waals surface area contributed by atoms with Crippen LogP contribution in [0.25, 0.3) is 6.08 Å². The summed E-state index contributed by atoms with van der Waals surface area (Å²) in [5.41, 5.74) is 1.34. The molecule has 0 heterocycles. The molecule has 0 aromatic heterocycles. The SMILES string of the molecule is O=C(C=Cc1ccc([N+](=O)[O-])cc1)NCCc1ccc(OC(F)(F)F)cc1. The van der Waals surface area contributed by atoms with Crippen LogP contribution < -0.4 is 10.1 Å². The van der Waals surface area contributed by atoms with Gasteiger partial charge < -0.3 is 10.1 Å². The Balaban J connectivity index is 1.77. The fraction of sp³-hybridized carbons (Fsp3) is 0.167. The Bertz CT molecular complexity index is 816. The minimum absolute atomic E-state index is 0.0387. The number of nitrogens with one attached hydrogen (secondary N) is 1. The lowest BCUT2D eigenvalue weighted by molar-refractivity contribution is -0.384. The van der Waals surface area contributed by atoms with Gasteiger partial charge in [0, 0.05) is 24.8 Å². The van der Waals surface area contributed by atoms with E-state index in [4.69, 9.17) is 0 Å². The van der Waals surface area contributed by atoms with Gasteiger partial charge in [-0.05, 0) is 47.9 Å². The molecule has 0 saturated heterocycles. The number of halogens is 3. The summed E-state index contributed by atoms with van der Waals surface area (Å²) in [6.07, 6.45) is -1.49. The third-order valence-electron chi connectivity index (χ3n) is 3.40. The van der Waals surface area contributed by atoms with Crippen molar-refractivity contribution in [1.82, 2.24) is 5.32 Å². The molecule has 0 aliphatic rings. The van der Waals surface area contributed by atoms with Gasteiger partial charge in [-0.2, -0.15) is 0 Å². The van der Waals surface area contributed by atoms with Gasteiger partial charge in [-0.3, -0.25) is 14.9 Å². The minimum atomic E-state index is -4.73. The lowest BCUT2D eigenvalue weighted by Gasteiger charge is -2.09. The molecule has 0 aliphatic carbocycles. The number of amides is 1. The standard InChI is InChI=1S/C18H15F3N2O4/c19-18(20,21)27-16-8-3-14(4-9-16)11-12-22-17(24)10-5-13-1-6-15(7-2-13)23(25)26/h1-10H,11-12H2,(H,22,24). The van der Waals surface area contributed by atoms with E-state index < -0.39 is 11.3 Å². The molecular formula is C18H15F3N2O4. The highest BCUT2D eigenvalue weighted by Gasteiger charge is 2.30. The first-order chi connectivity index (χ1) is 12.7. The molecule has 0 fully saturated rings. The zero-order valence-electron chi connectivity index (χ0n) is 13.9. The molecule has 0 spiro atoms. The first-order valence-electron chi connectivity index (χ1n) is 7.78. The zero-order valence-corrected chi connectivity index (χ0v) is 13.9. The van der Waals surface area contributed by atoms with E-state index in [1.807, 2.05) is 0 Å². The van der Waals surface area contributed by atoms with Crippen molar-refractivity contribution in [1.29, 1.82) is 0 Å². The molecule has 0 atom stereocenters. The second-order valence-corrected chi connectivity index (χ2v) is 5.41. The average molecular weight is 380 g/mol. The van der Waals surface area contributed by atoms with Crippen molar-refractivity contribution >= 4 is 17.7 Å². The summed E-state index contributed by atoms with van der Waals surface area (Å²) < 4.78 is 40.0. The van der Waals surface area contributed by atoms with Gasteiger partial charge in [-0.25, -0.2) is 0 Å². The Hall–Kier alpha value is -3.36. The highest BCUT2D eigenvalue weighted by atomic mass is 19.4. The molecular weight excluding hydrogens is 365 g/mol. The van der Waals surface area contributed by atoms with E-state index in [1.54, 1.807) is 0 Å². The summed E-state index contributed by atoms with van der Waals surface area (Å²) in [4.78, 5) is 21.8. The lowest BCUT2D eigenvalue weighted by Crippen LogP contribution is -2.23. The Labute approximate surface area is 152 Å². The van der Waals surface area contributed by atoms with Gasteiger partial charge in [0.15, 0.2) is 0 Å². The molecule has 2 aromatic rings. The van der Waals surface area contributed by atoms with Crippen LogP contribution in [0.15, 0.2) is 54.6 Å². The lowest BCUT2D eigenvalue weighted by atomic mass is 10.1. The summed E-state index contributed by atoms with van der Waals surface area (Å²) in [5.74, 6) is -0.660. The largest absolute Gasteiger partial charge is 0.573 e. The number of nitro benzene ring substituents is 1. The maximum Gasteiger partial charge on any atom is 0.573 e. The molecule has 142 valence electrons. The van der Waals surface area contributed by atoms with Crippen LogP contribution >= 0.6 is 0 Å². The molecule has 1 N–H and O–H groups in total. The van der Waals surface area contributed by atoms with Crippen molar-refractivity contribution in [3.05, 3.63) is 75.8 Å². The topological polar surface area (TPSA) is 81.5 Å². The Morgan fingerprint density at radius 2 is 1.74 bits per heavy atom. The highest BCUT2D eigenvalue weighted by Crippen LogP contribution is 2.22. The average Bonchev–Trinajstić information content (AvgIpc) is 2.60. The van der Waals surface area contributed by atoms with Crippen LogP contribution in [0.1, 0.15) is 11.1 Å². The van der Waals surface area contributed by atoms with Crippen LogP contribution in [-0.4, -0.2) is 23.7 Å². The number of nitro groups is 1. The molecule has 0 bridgehead atoms. The molecule has 27 heavy (non-hydrogen) atoms. The smallest absolute Gasteiger partial charge is 0.406 e. The molecule has 0 aliphatic heterocycles. The van der Waals surface area contributed by atoms with Crippen LogP contribution in [-0.2, 0) is 11.2 Å². The van der Waals surface area contributed by atoms with Gasteiger partial charge in [0.2, 0.25) is 5.91 Å². The predicted molar refractivity (Wildman–Crippen MR) is 92.0 cm³/mol. The van der Waals surface area contributed by atoms with Crippen molar-refractivity contribution in [2.75, 3.05) is 6.54 Å². The van der Waals surface area contributed by atoms with Gasteiger partial charge in [0.05, 0.1) is 4.92 Å². The van der Waals surface area contributed by atoms with E-state index in [9.17, 15) is 28.1 Å². The quantitative estimate of drug-likeness (QED) is 0.449. The van der Waals surface area contributed by atoms with E-state index >= 15 is 0 Å². The number of ether oxygens (including phenoxy) is 1. The van der Waals surface area contributed by atoms with Gasteiger partial charge in [-0.15, -0.1) is 13.2 Å². The van der Waals surface area contributed by atoms with Crippen LogP contribution in [0.4, 0.5) is 18.9 Å². The van der Waals surface area contributed by atoms with Crippen LogP contribution in [0.3, 0.4) is 0 Å². The van der Waals surface area contributed by atoms with Crippen molar-refractivity contribution < 1.29 is 27.6 Å². The number of rotatable bonds is 7. The van der Waals surface area contributed by atoms with Gasteiger partial charge >= 0.3 is 6.36 Å². The molecule has 2 rings (SSSR count). The Morgan fingerprint density at radius 3 is 2.30 bits per heavy atom. The van der Waals surface area contributed by atoms with Crippen LogP contribution in [0.5, 0.6) is 5.75 Å².